The van der Waals surface area contributed by atoms with E-state index in [9.17, 15) is 8.42 Å². The first-order chi connectivity index (χ1) is 9.33. The zero-order chi connectivity index (χ0) is 14.8. The Hall–Kier alpha value is -1.11. The summed E-state index contributed by atoms with van der Waals surface area (Å²) in [5.41, 5.74) is 1.04. The zero-order valence-corrected chi connectivity index (χ0v) is 13.1. The SMILES string of the molecule is CN(C)S(=O)(=O)c1ccc(NC2(C)CCNCC2)cc1. The van der Waals surface area contributed by atoms with Crippen LogP contribution in [0.5, 0.6) is 0 Å². The molecule has 1 heterocycles. The molecule has 112 valence electrons. The number of anilines is 1. The molecule has 6 heteroatoms. The van der Waals surface area contributed by atoms with Gasteiger partial charge in [0.05, 0.1) is 4.90 Å². The molecule has 1 aliphatic rings. The standard InChI is InChI=1S/C14H23N3O2S/c1-14(8-10-15-11-9-14)16-12-4-6-13(7-5-12)20(18,19)17(2)3/h4-7,15-16H,8-11H2,1-3H3. The van der Waals surface area contributed by atoms with Crippen molar-refractivity contribution >= 4 is 15.7 Å². The van der Waals surface area contributed by atoms with Crippen LogP contribution in [-0.2, 0) is 10.0 Å². The quantitative estimate of drug-likeness (QED) is 0.884. The van der Waals surface area contributed by atoms with Gasteiger partial charge in [-0.25, -0.2) is 12.7 Å². The highest BCUT2D eigenvalue weighted by Gasteiger charge is 2.26. The first-order valence-corrected chi connectivity index (χ1v) is 8.29. The Morgan fingerprint density at radius 2 is 1.70 bits per heavy atom. The van der Waals surface area contributed by atoms with Crippen molar-refractivity contribution in [3.05, 3.63) is 24.3 Å². The fraction of sp³-hybridized carbons (Fsp3) is 0.571. The third kappa shape index (κ3) is 3.31. The van der Waals surface area contributed by atoms with Gasteiger partial charge in [0.2, 0.25) is 10.0 Å². The molecular formula is C14H23N3O2S. The molecule has 0 saturated carbocycles. The fourth-order valence-corrected chi connectivity index (χ4v) is 3.27. The van der Waals surface area contributed by atoms with Crippen LogP contribution >= 0.6 is 0 Å². The minimum Gasteiger partial charge on any atom is -0.380 e. The number of hydrogen-bond acceptors (Lipinski definition) is 4. The lowest BCUT2D eigenvalue weighted by atomic mass is 9.90. The third-order valence-electron chi connectivity index (χ3n) is 3.79. The largest absolute Gasteiger partial charge is 0.380 e. The van der Waals surface area contributed by atoms with Crippen molar-refractivity contribution in [1.29, 1.82) is 0 Å². The second-order valence-corrected chi connectivity index (χ2v) is 7.90. The number of benzene rings is 1. The Morgan fingerprint density at radius 3 is 2.20 bits per heavy atom. The summed E-state index contributed by atoms with van der Waals surface area (Å²) in [6.07, 6.45) is 2.12. The molecule has 0 spiro atoms. The maximum absolute atomic E-state index is 12.0. The predicted molar refractivity (Wildman–Crippen MR) is 81.4 cm³/mol. The smallest absolute Gasteiger partial charge is 0.242 e. The van der Waals surface area contributed by atoms with Crippen LogP contribution in [0.15, 0.2) is 29.2 Å². The molecular weight excluding hydrogens is 274 g/mol. The van der Waals surface area contributed by atoms with Crippen LogP contribution in [-0.4, -0.2) is 45.4 Å². The van der Waals surface area contributed by atoms with Gasteiger partial charge in [-0.05, 0) is 57.1 Å². The van der Waals surface area contributed by atoms with Crippen molar-refractivity contribution in [2.45, 2.75) is 30.2 Å². The van der Waals surface area contributed by atoms with Crippen molar-refractivity contribution in [2.24, 2.45) is 0 Å². The topological polar surface area (TPSA) is 61.4 Å². The minimum absolute atomic E-state index is 0.0766. The molecule has 2 rings (SSSR count). The van der Waals surface area contributed by atoms with Crippen LogP contribution in [0.3, 0.4) is 0 Å². The molecule has 0 atom stereocenters. The van der Waals surface area contributed by atoms with Crippen LogP contribution < -0.4 is 10.6 Å². The summed E-state index contributed by atoms with van der Waals surface area (Å²) in [6, 6.07) is 6.98. The molecule has 1 aromatic rings. The van der Waals surface area contributed by atoms with Gasteiger partial charge in [-0.1, -0.05) is 0 Å². The zero-order valence-electron chi connectivity index (χ0n) is 12.3. The van der Waals surface area contributed by atoms with E-state index in [0.717, 1.165) is 31.6 Å². The Morgan fingerprint density at radius 1 is 1.15 bits per heavy atom. The molecule has 5 nitrogen and oxygen atoms in total. The van der Waals surface area contributed by atoms with E-state index in [1.807, 2.05) is 12.1 Å². The highest BCUT2D eigenvalue weighted by molar-refractivity contribution is 7.89. The molecule has 0 aromatic heterocycles. The van der Waals surface area contributed by atoms with Crippen LogP contribution in [0.25, 0.3) is 0 Å². The monoisotopic (exact) mass is 297 g/mol. The first kappa shape index (κ1) is 15.3. The Labute approximate surface area is 121 Å². The van der Waals surface area contributed by atoms with Crippen molar-refractivity contribution in [3.63, 3.8) is 0 Å². The van der Waals surface area contributed by atoms with Crippen molar-refractivity contribution < 1.29 is 8.42 Å². The molecule has 0 radical (unpaired) electrons. The van der Waals surface area contributed by atoms with Gasteiger partial charge in [-0.15, -0.1) is 0 Å². The second-order valence-electron chi connectivity index (χ2n) is 5.75. The summed E-state index contributed by atoms with van der Waals surface area (Å²) >= 11 is 0. The lowest BCUT2D eigenvalue weighted by molar-refractivity contribution is 0.365. The molecule has 1 fully saturated rings. The summed E-state index contributed by atoms with van der Waals surface area (Å²) in [5, 5.41) is 6.86. The van der Waals surface area contributed by atoms with E-state index in [4.69, 9.17) is 0 Å². The molecule has 20 heavy (non-hydrogen) atoms. The molecule has 0 amide bonds. The molecule has 1 aliphatic heterocycles. The van der Waals surface area contributed by atoms with Crippen LogP contribution in [0.1, 0.15) is 19.8 Å². The van der Waals surface area contributed by atoms with Crippen LogP contribution in [0.2, 0.25) is 0 Å². The highest BCUT2D eigenvalue weighted by Crippen LogP contribution is 2.25. The van der Waals surface area contributed by atoms with Gasteiger partial charge in [-0.2, -0.15) is 0 Å². The third-order valence-corrected chi connectivity index (χ3v) is 5.62. The van der Waals surface area contributed by atoms with Crippen LogP contribution in [0, 0.1) is 0 Å². The van der Waals surface area contributed by atoms with Gasteiger partial charge in [0, 0.05) is 25.3 Å². The number of rotatable bonds is 4. The molecule has 1 aromatic carbocycles. The number of sulfonamides is 1. The molecule has 0 aliphatic carbocycles. The van der Waals surface area contributed by atoms with Gasteiger partial charge in [-0.3, -0.25) is 0 Å². The number of piperidine rings is 1. The number of nitrogens with zero attached hydrogens (tertiary/aromatic N) is 1. The number of nitrogens with one attached hydrogen (secondary N) is 2. The molecule has 0 unspecified atom stereocenters. The van der Waals surface area contributed by atoms with E-state index in [-0.39, 0.29) is 5.54 Å². The van der Waals surface area contributed by atoms with Gasteiger partial charge >= 0.3 is 0 Å². The summed E-state index contributed by atoms with van der Waals surface area (Å²) in [7, 11) is -0.268. The molecule has 1 saturated heterocycles. The number of hydrogen-bond donors (Lipinski definition) is 2. The van der Waals surface area contributed by atoms with Gasteiger partial charge in [0.1, 0.15) is 0 Å². The lowest BCUT2D eigenvalue weighted by Gasteiger charge is -2.36. The van der Waals surface area contributed by atoms with E-state index in [0.29, 0.717) is 4.90 Å². The second kappa shape index (κ2) is 5.71. The average Bonchev–Trinajstić information content (AvgIpc) is 2.39. The average molecular weight is 297 g/mol. The Balaban J connectivity index is 2.13. The van der Waals surface area contributed by atoms with E-state index in [2.05, 4.69) is 17.6 Å². The van der Waals surface area contributed by atoms with Crippen molar-refractivity contribution in [1.82, 2.24) is 9.62 Å². The van der Waals surface area contributed by atoms with Gasteiger partial charge in [0.25, 0.3) is 0 Å². The summed E-state index contributed by atoms with van der Waals surface area (Å²) in [6.45, 7) is 4.23. The molecule has 0 bridgehead atoms. The lowest BCUT2D eigenvalue weighted by Crippen LogP contribution is -2.45. The fourth-order valence-electron chi connectivity index (χ4n) is 2.37. The van der Waals surface area contributed by atoms with Crippen LogP contribution in [0.4, 0.5) is 5.69 Å². The minimum atomic E-state index is -3.35. The Kier molecular flexibility index (Phi) is 4.36. The highest BCUT2D eigenvalue weighted by atomic mass is 32.2. The maximum atomic E-state index is 12.0. The maximum Gasteiger partial charge on any atom is 0.242 e. The van der Waals surface area contributed by atoms with Gasteiger partial charge < -0.3 is 10.6 Å². The summed E-state index contributed by atoms with van der Waals surface area (Å²) in [4.78, 5) is 0.323. The Bertz CT molecular complexity index is 546. The summed E-state index contributed by atoms with van der Waals surface area (Å²) < 4.78 is 25.2. The van der Waals surface area contributed by atoms with Crippen molar-refractivity contribution in [2.75, 3.05) is 32.5 Å². The van der Waals surface area contributed by atoms with E-state index >= 15 is 0 Å². The van der Waals surface area contributed by atoms with Crippen molar-refractivity contribution in [3.8, 4) is 0 Å². The van der Waals surface area contributed by atoms with E-state index < -0.39 is 10.0 Å². The van der Waals surface area contributed by atoms with E-state index in [1.165, 1.54) is 18.4 Å². The normalized spacial score (nSPS) is 19.0. The molecule has 2 N–H and O–H groups in total. The summed E-state index contributed by atoms with van der Waals surface area (Å²) in [5.74, 6) is 0. The van der Waals surface area contributed by atoms with E-state index in [1.54, 1.807) is 12.1 Å². The van der Waals surface area contributed by atoms with Gasteiger partial charge in [0.15, 0.2) is 0 Å². The first-order valence-electron chi connectivity index (χ1n) is 6.85. The predicted octanol–water partition coefficient (Wildman–Crippen LogP) is 1.49.